The van der Waals surface area contributed by atoms with Crippen LogP contribution in [0.4, 0.5) is 5.69 Å². The number of carbonyl (C=O) groups is 1. The zero-order valence-electron chi connectivity index (χ0n) is 18.8. The van der Waals surface area contributed by atoms with Crippen LogP contribution in [0.3, 0.4) is 0 Å². The number of amides is 1. The third kappa shape index (κ3) is 3.89. The number of aromatic nitrogens is 2. The average Bonchev–Trinajstić information content (AvgIpc) is 3.26. The molecule has 1 aliphatic carbocycles. The van der Waals surface area contributed by atoms with E-state index in [-0.39, 0.29) is 5.91 Å². The van der Waals surface area contributed by atoms with E-state index < -0.39 is 0 Å². The number of rotatable bonds is 4. The number of nitrogens with zero attached hydrogens (tertiary/aromatic N) is 2. The van der Waals surface area contributed by atoms with Crippen LogP contribution < -0.4 is 10.6 Å². The molecule has 0 saturated heterocycles. The van der Waals surface area contributed by atoms with E-state index in [2.05, 4.69) is 41.2 Å². The minimum atomic E-state index is 0.0911. The van der Waals surface area contributed by atoms with Crippen LogP contribution >= 0.6 is 0 Å². The molecule has 3 aromatic rings. The molecule has 0 spiro atoms. The lowest BCUT2D eigenvalue weighted by molar-refractivity contribution is -0.113. The summed E-state index contributed by atoms with van der Waals surface area (Å²) in [6.07, 6.45) is 9.88. The second-order valence-corrected chi connectivity index (χ2v) is 9.27. The third-order valence-corrected chi connectivity index (χ3v) is 6.88. The van der Waals surface area contributed by atoms with Crippen molar-refractivity contribution in [3.05, 3.63) is 71.3 Å². The molecule has 1 saturated carbocycles. The van der Waals surface area contributed by atoms with Gasteiger partial charge in [0.05, 0.1) is 11.3 Å². The molecular weight excluding hydrogens is 396 g/mol. The van der Waals surface area contributed by atoms with Gasteiger partial charge in [0.15, 0.2) is 0 Å². The molecule has 1 amide bonds. The van der Waals surface area contributed by atoms with Crippen LogP contribution in [0, 0.1) is 19.8 Å². The molecule has 0 atom stereocenters. The summed E-state index contributed by atoms with van der Waals surface area (Å²) in [5.74, 6) is 0.582. The molecule has 0 unspecified atom stereocenters. The molecule has 0 radical (unpaired) electrons. The summed E-state index contributed by atoms with van der Waals surface area (Å²) in [6, 6.07) is 12.8. The fourth-order valence-electron chi connectivity index (χ4n) is 5.07. The van der Waals surface area contributed by atoms with Gasteiger partial charge in [0.2, 0.25) is 0 Å². The highest BCUT2D eigenvalue weighted by Gasteiger charge is 2.35. The minimum Gasteiger partial charge on any atom is -0.359 e. The van der Waals surface area contributed by atoms with Gasteiger partial charge in [-0.1, -0.05) is 12.1 Å². The lowest BCUT2D eigenvalue weighted by Crippen LogP contribution is -2.36. The molecule has 164 valence electrons. The highest BCUT2D eigenvalue weighted by Crippen LogP contribution is 2.41. The maximum atomic E-state index is 13.7. The van der Waals surface area contributed by atoms with Crippen molar-refractivity contribution in [3.63, 3.8) is 0 Å². The topological polar surface area (TPSA) is 75.0 Å². The molecule has 1 aliphatic heterocycles. The standard InChI is InChI=1S/C27H30N4O/c1-17-13-18(2)30-25(17)15-24-23-8-5-21(20-9-11-29-12-10-20)14-26(23)31(27(24)32)16-19-3-6-22(28)7-4-19/h5,8-15,19,22,30H,3-4,6-7,16,28H2,1-2H3/b24-15-. The van der Waals surface area contributed by atoms with E-state index >= 15 is 0 Å². The van der Waals surface area contributed by atoms with Gasteiger partial charge in [-0.05, 0) is 92.5 Å². The number of nitrogens with two attached hydrogens (primary N) is 1. The number of fused-ring (bicyclic) bond motifs is 1. The Labute approximate surface area is 189 Å². The van der Waals surface area contributed by atoms with E-state index in [0.717, 1.165) is 77.1 Å². The number of pyridine rings is 1. The highest BCUT2D eigenvalue weighted by molar-refractivity contribution is 6.36. The largest absolute Gasteiger partial charge is 0.359 e. The predicted octanol–water partition coefficient (Wildman–Crippen LogP) is 5.10. The van der Waals surface area contributed by atoms with Crippen LogP contribution in [-0.2, 0) is 4.79 Å². The molecule has 1 fully saturated rings. The molecule has 3 heterocycles. The first kappa shape index (κ1) is 20.7. The summed E-state index contributed by atoms with van der Waals surface area (Å²) in [7, 11) is 0. The fourth-order valence-corrected chi connectivity index (χ4v) is 5.07. The maximum absolute atomic E-state index is 13.7. The average molecular weight is 427 g/mol. The number of aryl methyl sites for hydroxylation is 2. The molecule has 5 rings (SSSR count). The van der Waals surface area contributed by atoms with Crippen molar-refractivity contribution >= 4 is 23.2 Å². The van der Waals surface area contributed by atoms with Gasteiger partial charge in [-0.15, -0.1) is 0 Å². The monoisotopic (exact) mass is 426 g/mol. The number of benzene rings is 1. The zero-order chi connectivity index (χ0) is 22.2. The van der Waals surface area contributed by atoms with Gasteiger partial charge in [0.1, 0.15) is 0 Å². The maximum Gasteiger partial charge on any atom is 0.259 e. The Morgan fingerprint density at radius 2 is 1.81 bits per heavy atom. The molecule has 1 aromatic carbocycles. The second-order valence-electron chi connectivity index (χ2n) is 9.27. The van der Waals surface area contributed by atoms with Crippen molar-refractivity contribution in [2.45, 2.75) is 45.6 Å². The Bertz CT molecular complexity index is 1170. The third-order valence-electron chi connectivity index (χ3n) is 6.88. The molecule has 2 aromatic heterocycles. The van der Waals surface area contributed by atoms with Crippen molar-refractivity contribution in [3.8, 4) is 11.1 Å². The summed E-state index contributed by atoms with van der Waals surface area (Å²) < 4.78 is 0. The van der Waals surface area contributed by atoms with Gasteiger partial charge in [-0.3, -0.25) is 9.78 Å². The van der Waals surface area contributed by atoms with Gasteiger partial charge in [0, 0.05) is 41.9 Å². The summed E-state index contributed by atoms with van der Waals surface area (Å²) in [4.78, 5) is 23.2. The number of H-pyrrole nitrogens is 1. The number of hydrogen-bond acceptors (Lipinski definition) is 3. The summed E-state index contributed by atoms with van der Waals surface area (Å²) in [5, 5.41) is 0. The Kier molecular flexibility index (Phi) is 5.43. The summed E-state index contributed by atoms with van der Waals surface area (Å²) in [6.45, 7) is 4.87. The highest BCUT2D eigenvalue weighted by atomic mass is 16.2. The number of carbonyl (C=O) groups excluding carboxylic acids is 1. The Hall–Kier alpha value is -3.18. The van der Waals surface area contributed by atoms with E-state index in [0.29, 0.717) is 12.0 Å². The molecule has 5 nitrogen and oxygen atoms in total. The van der Waals surface area contributed by atoms with Crippen molar-refractivity contribution in [1.82, 2.24) is 9.97 Å². The van der Waals surface area contributed by atoms with Gasteiger partial charge in [0.25, 0.3) is 5.91 Å². The van der Waals surface area contributed by atoms with E-state index in [4.69, 9.17) is 5.73 Å². The van der Waals surface area contributed by atoms with E-state index in [9.17, 15) is 4.79 Å². The number of aromatic amines is 1. The first-order valence-corrected chi connectivity index (χ1v) is 11.5. The number of hydrogen-bond donors (Lipinski definition) is 2. The molecule has 5 heteroatoms. The van der Waals surface area contributed by atoms with E-state index in [1.807, 2.05) is 30.0 Å². The van der Waals surface area contributed by atoms with Crippen LogP contribution in [0.2, 0.25) is 0 Å². The minimum absolute atomic E-state index is 0.0911. The molecule has 32 heavy (non-hydrogen) atoms. The lowest BCUT2D eigenvalue weighted by Gasteiger charge is -2.30. The van der Waals surface area contributed by atoms with Crippen LogP contribution in [0.25, 0.3) is 22.8 Å². The first-order valence-electron chi connectivity index (χ1n) is 11.5. The van der Waals surface area contributed by atoms with Crippen molar-refractivity contribution in [1.29, 1.82) is 0 Å². The Morgan fingerprint density at radius 1 is 1.06 bits per heavy atom. The second kappa shape index (κ2) is 8.40. The fraction of sp³-hybridized carbons (Fsp3) is 0.333. The van der Waals surface area contributed by atoms with Gasteiger partial charge in [-0.25, -0.2) is 0 Å². The summed E-state index contributed by atoms with van der Waals surface area (Å²) in [5.41, 5.74) is 14.3. The Morgan fingerprint density at radius 3 is 2.50 bits per heavy atom. The number of anilines is 1. The lowest BCUT2D eigenvalue weighted by atomic mass is 9.86. The van der Waals surface area contributed by atoms with Crippen molar-refractivity contribution < 1.29 is 4.79 Å². The van der Waals surface area contributed by atoms with Crippen LogP contribution in [0.1, 0.15) is 48.2 Å². The van der Waals surface area contributed by atoms with Crippen molar-refractivity contribution in [2.24, 2.45) is 11.7 Å². The predicted molar refractivity (Wildman–Crippen MR) is 130 cm³/mol. The van der Waals surface area contributed by atoms with Gasteiger partial charge >= 0.3 is 0 Å². The van der Waals surface area contributed by atoms with Crippen LogP contribution in [0.15, 0.2) is 48.8 Å². The van der Waals surface area contributed by atoms with Gasteiger partial charge in [-0.2, -0.15) is 0 Å². The van der Waals surface area contributed by atoms with Crippen LogP contribution in [-0.4, -0.2) is 28.5 Å². The SMILES string of the molecule is Cc1cc(C)c(/C=C2\C(=O)N(CC3CCC(N)CC3)c3cc(-c4ccncc4)ccc32)[nH]1. The zero-order valence-corrected chi connectivity index (χ0v) is 18.8. The van der Waals surface area contributed by atoms with E-state index in [1.54, 1.807) is 12.4 Å². The first-order chi connectivity index (χ1) is 15.5. The van der Waals surface area contributed by atoms with Crippen molar-refractivity contribution in [2.75, 3.05) is 11.4 Å². The molecule has 3 N–H and O–H groups in total. The Balaban J connectivity index is 1.56. The van der Waals surface area contributed by atoms with Gasteiger partial charge < -0.3 is 15.6 Å². The molecule has 0 bridgehead atoms. The smallest absolute Gasteiger partial charge is 0.259 e. The number of nitrogens with one attached hydrogen (secondary N) is 1. The molecule has 2 aliphatic rings. The van der Waals surface area contributed by atoms with E-state index in [1.165, 1.54) is 0 Å². The molecular formula is C27H30N4O. The summed E-state index contributed by atoms with van der Waals surface area (Å²) >= 11 is 0. The normalized spacial score (nSPS) is 21.9. The quantitative estimate of drug-likeness (QED) is 0.570. The van der Waals surface area contributed by atoms with Crippen LogP contribution in [0.5, 0.6) is 0 Å².